The fourth-order valence-corrected chi connectivity index (χ4v) is 5.05. The van der Waals surface area contributed by atoms with Crippen LogP contribution < -0.4 is 5.32 Å². The molecule has 0 saturated carbocycles. The van der Waals surface area contributed by atoms with E-state index in [1.54, 1.807) is 0 Å². The lowest BCUT2D eigenvalue weighted by atomic mass is 9.92. The quantitative estimate of drug-likeness (QED) is 0.276. The summed E-state index contributed by atoms with van der Waals surface area (Å²) in [6.07, 6.45) is 2.59. The van der Waals surface area contributed by atoms with Crippen molar-refractivity contribution in [2.75, 3.05) is 5.32 Å². The summed E-state index contributed by atoms with van der Waals surface area (Å²) in [5.41, 5.74) is 12.0. The third-order valence-electron chi connectivity index (χ3n) is 7.28. The van der Waals surface area contributed by atoms with E-state index < -0.39 is 0 Å². The number of aliphatic imine (C=N–C) groups is 1. The molecular weight excluding hydrogens is 462 g/mol. The van der Waals surface area contributed by atoms with Crippen molar-refractivity contribution in [3.63, 3.8) is 0 Å². The smallest absolute Gasteiger partial charge is 0.0702 e. The van der Waals surface area contributed by atoms with Crippen LogP contribution in [-0.2, 0) is 6.42 Å². The SMILES string of the molecule is CC(=Nc1c(C(C)C)cccc1C(C)C)/C(Cc1ccccn1)=C(/C)Nc1c(C(C)C)cccc1C(C)C. The zero-order valence-electron chi connectivity index (χ0n) is 25.2. The molecule has 0 radical (unpaired) electrons. The summed E-state index contributed by atoms with van der Waals surface area (Å²) in [7, 11) is 0. The summed E-state index contributed by atoms with van der Waals surface area (Å²) in [5, 5.41) is 3.87. The molecule has 0 saturated heterocycles. The van der Waals surface area contributed by atoms with E-state index in [4.69, 9.17) is 4.99 Å². The summed E-state index contributed by atoms with van der Waals surface area (Å²) in [4.78, 5) is 10.0. The van der Waals surface area contributed by atoms with E-state index in [-0.39, 0.29) is 0 Å². The normalized spacial score (nSPS) is 13.1. The average Bonchev–Trinajstić information content (AvgIpc) is 2.87. The van der Waals surface area contributed by atoms with Crippen LogP contribution in [0.1, 0.15) is 121 Å². The molecule has 3 rings (SSSR count). The number of nitrogens with one attached hydrogen (secondary N) is 1. The van der Waals surface area contributed by atoms with Gasteiger partial charge in [0.1, 0.15) is 0 Å². The van der Waals surface area contributed by atoms with E-state index in [1.807, 2.05) is 12.3 Å². The van der Waals surface area contributed by atoms with Crippen molar-refractivity contribution in [3.05, 3.63) is 100 Å². The van der Waals surface area contributed by atoms with Gasteiger partial charge >= 0.3 is 0 Å². The number of nitrogens with zero attached hydrogens (tertiary/aromatic N) is 2. The minimum Gasteiger partial charge on any atom is -0.358 e. The van der Waals surface area contributed by atoms with E-state index in [0.29, 0.717) is 23.7 Å². The van der Waals surface area contributed by atoms with Gasteiger partial charge < -0.3 is 5.32 Å². The Morgan fingerprint density at radius 3 is 1.63 bits per heavy atom. The molecule has 3 aromatic rings. The Morgan fingerprint density at radius 1 is 0.684 bits per heavy atom. The molecule has 1 N–H and O–H groups in total. The molecule has 38 heavy (non-hydrogen) atoms. The lowest BCUT2D eigenvalue weighted by Gasteiger charge is -2.23. The number of hydrogen-bond donors (Lipinski definition) is 1. The molecule has 1 aromatic heterocycles. The van der Waals surface area contributed by atoms with Gasteiger partial charge in [0, 0.05) is 35.4 Å². The number of anilines is 1. The lowest BCUT2D eigenvalue weighted by Crippen LogP contribution is -2.13. The molecule has 0 bridgehead atoms. The van der Waals surface area contributed by atoms with Crippen molar-refractivity contribution < 1.29 is 0 Å². The van der Waals surface area contributed by atoms with E-state index in [2.05, 4.69) is 128 Å². The van der Waals surface area contributed by atoms with Gasteiger partial charge in [-0.1, -0.05) is 97.9 Å². The third-order valence-corrected chi connectivity index (χ3v) is 7.28. The molecule has 1 heterocycles. The van der Waals surface area contributed by atoms with Gasteiger partial charge in [-0.15, -0.1) is 0 Å². The molecule has 0 unspecified atom stereocenters. The maximum absolute atomic E-state index is 5.37. The molecule has 3 nitrogen and oxygen atoms in total. The number of aromatic nitrogens is 1. The van der Waals surface area contributed by atoms with E-state index in [9.17, 15) is 0 Å². The van der Waals surface area contributed by atoms with Crippen molar-refractivity contribution in [1.82, 2.24) is 4.98 Å². The van der Waals surface area contributed by atoms with Crippen molar-refractivity contribution in [3.8, 4) is 0 Å². The van der Waals surface area contributed by atoms with Crippen LogP contribution in [0.25, 0.3) is 0 Å². The van der Waals surface area contributed by atoms with Gasteiger partial charge in [0.05, 0.1) is 5.69 Å². The van der Waals surface area contributed by atoms with Gasteiger partial charge in [-0.3, -0.25) is 9.98 Å². The van der Waals surface area contributed by atoms with Crippen LogP contribution in [0.2, 0.25) is 0 Å². The third kappa shape index (κ3) is 7.01. The minimum atomic E-state index is 0.397. The summed E-state index contributed by atoms with van der Waals surface area (Å²) in [5.74, 6) is 1.64. The Labute approximate surface area is 231 Å². The number of pyridine rings is 1. The van der Waals surface area contributed by atoms with Crippen LogP contribution in [0.3, 0.4) is 0 Å². The summed E-state index contributed by atoms with van der Waals surface area (Å²) < 4.78 is 0. The zero-order chi connectivity index (χ0) is 28.0. The Bertz CT molecular complexity index is 1230. The standard InChI is InChI=1S/C35H47N3/c1-22(2)29-16-13-17-30(23(3)4)34(29)37-26(9)33(21-28-15-11-12-20-36-28)27(10)38-35-31(24(5)6)18-14-19-32(35)25(7)8/h11-20,22-25,37H,21H2,1-10H3/b33-26-,38-27?. The average molecular weight is 510 g/mol. The van der Waals surface area contributed by atoms with Crippen LogP contribution in [0, 0.1) is 0 Å². The molecule has 2 aromatic carbocycles. The molecule has 0 spiro atoms. The highest BCUT2D eigenvalue weighted by Gasteiger charge is 2.18. The molecule has 3 heteroatoms. The van der Waals surface area contributed by atoms with Crippen molar-refractivity contribution in [2.24, 2.45) is 4.99 Å². The monoisotopic (exact) mass is 509 g/mol. The van der Waals surface area contributed by atoms with Gasteiger partial charge in [0.15, 0.2) is 0 Å². The number of para-hydroxylation sites is 2. The number of rotatable bonds is 10. The highest BCUT2D eigenvalue weighted by Crippen LogP contribution is 2.37. The van der Waals surface area contributed by atoms with Gasteiger partial charge in [-0.25, -0.2) is 0 Å². The maximum Gasteiger partial charge on any atom is 0.0702 e. The zero-order valence-corrected chi connectivity index (χ0v) is 25.2. The molecule has 0 aliphatic heterocycles. The first kappa shape index (κ1) is 29.4. The van der Waals surface area contributed by atoms with Gasteiger partial charge in [-0.2, -0.15) is 0 Å². The topological polar surface area (TPSA) is 37.3 Å². The van der Waals surface area contributed by atoms with E-state index in [0.717, 1.165) is 29.2 Å². The first-order valence-electron chi connectivity index (χ1n) is 14.2. The number of allylic oxidation sites excluding steroid dienone is 2. The second-order valence-corrected chi connectivity index (χ2v) is 11.6. The highest BCUT2D eigenvalue weighted by atomic mass is 14.9. The largest absolute Gasteiger partial charge is 0.358 e. The predicted molar refractivity (Wildman–Crippen MR) is 166 cm³/mol. The fraction of sp³-hybridized carbons (Fsp3) is 0.429. The summed E-state index contributed by atoms with van der Waals surface area (Å²) in [6, 6.07) is 19.4. The molecule has 0 amide bonds. The Hall–Kier alpha value is -3.20. The molecule has 202 valence electrons. The first-order chi connectivity index (χ1) is 18.0. The highest BCUT2D eigenvalue weighted by molar-refractivity contribution is 6.01. The van der Waals surface area contributed by atoms with Crippen LogP contribution in [0.15, 0.2) is 77.1 Å². The maximum atomic E-state index is 5.37. The molecule has 0 fully saturated rings. The van der Waals surface area contributed by atoms with Crippen LogP contribution in [-0.4, -0.2) is 10.7 Å². The second-order valence-electron chi connectivity index (χ2n) is 11.6. The van der Waals surface area contributed by atoms with Crippen molar-refractivity contribution in [2.45, 2.75) is 99.3 Å². The van der Waals surface area contributed by atoms with Gasteiger partial charge in [-0.05, 0) is 77.5 Å². The molecule has 0 atom stereocenters. The van der Waals surface area contributed by atoms with E-state index in [1.165, 1.54) is 33.5 Å². The molecular formula is C35H47N3. The first-order valence-corrected chi connectivity index (χ1v) is 14.2. The Morgan fingerprint density at radius 2 is 1.18 bits per heavy atom. The number of benzene rings is 2. The van der Waals surface area contributed by atoms with Crippen molar-refractivity contribution >= 4 is 17.1 Å². The van der Waals surface area contributed by atoms with Crippen LogP contribution >= 0.6 is 0 Å². The Kier molecular flexibility index (Phi) is 10.1. The fourth-order valence-electron chi connectivity index (χ4n) is 5.05. The second kappa shape index (κ2) is 13.0. The van der Waals surface area contributed by atoms with Gasteiger partial charge in [0.2, 0.25) is 0 Å². The van der Waals surface area contributed by atoms with E-state index >= 15 is 0 Å². The van der Waals surface area contributed by atoms with Crippen LogP contribution in [0.5, 0.6) is 0 Å². The molecule has 0 aliphatic carbocycles. The summed E-state index contributed by atoms with van der Waals surface area (Å²) in [6.45, 7) is 22.4. The van der Waals surface area contributed by atoms with Gasteiger partial charge in [0.25, 0.3) is 0 Å². The van der Waals surface area contributed by atoms with Crippen molar-refractivity contribution in [1.29, 1.82) is 0 Å². The summed E-state index contributed by atoms with van der Waals surface area (Å²) >= 11 is 0. The minimum absolute atomic E-state index is 0.397. The lowest BCUT2D eigenvalue weighted by molar-refractivity contribution is 0.834. The molecule has 0 aliphatic rings. The predicted octanol–water partition coefficient (Wildman–Crippen LogP) is 10.3. The number of hydrogen-bond acceptors (Lipinski definition) is 3. The Balaban J connectivity index is 2.22. The van der Waals surface area contributed by atoms with Crippen LogP contribution in [0.4, 0.5) is 11.4 Å².